The molecule has 0 aliphatic rings. The summed E-state index contributed by atoms with van der Waals surface area (Å²) in [5, 5.41) is 3.33. The minimum Gasteiger partial charge on any atom is -0.469 e. The predicted octanol–water partition coefficient (Wildman–Crippen LogP) is 2.16. The van der Waals surface area contributed by atoms with Gasteiger partial charge in [0.2, 0.25) is 0 Å². The Kier molecular flexibility index (Phi) is 7.07. The van der Waals surface area contributed by atoms with Gasteiger partial charge in [0.1, 0.15) is 0 Å². The molecule has 1 aromatic carbocycles. The Morgan fingerprint density at radius 1 is 1.18 bits per heavy atom. The molecule has 17 heavy (non-hydrogen) atoms. The number of ether oxygens (including phenoxy) is 1. The van der Waals surface area contributed by atoms with E-state index < -0.39 is 0 Å². The van der Waals surface area contributed by atoms with Gasteiger partial charge in [0.15, 0.2) is 0 Å². The van der Waals surface area contributed by atoms with Crippen molar-refractivity contribution in [3.05, 3.63) is 35.9 Å². The van der Waals surface area contributed by atoms with E-state index in [-0.39, 0.29) is 5.97 Å². The molecule has 0 fully saturated rings. The zero-order valence-electron chi connectivity index (χ0n) is 10.4. The fourth-order valence-electron chi connectivity index (χ4n) is 1.65. The van der Waals surface area contributed by atoms with Crippen LogP contribution in [-0.2, 0) is 16.0 Å². The molecular weight excluding hydrogens is 214 g/mol. The van der Waals surface area contributed by atoms with Gasteiger partial charge in [-0.15, -0.1) is 0 Å². The summed E-state index contributed by atoms with van der Waals surface area (Å²) in [6.07, 6.45) is 3.58. The average molecular weight is 235 g/mol. The number of esters is 1. The molecule has 0 radical (unpaired) electrons. The zero-order valence-corrected chi connectivity index (χ0v) is 10.4. The summed E-state index contributed by atoms with van der Waals surface area (Å²) in [5.41, 5.74) is 1.38. The summed E-state index contributed by atoms with van der Waals surface area (Å²) in [7, 11) is 1.43. The maximum Gasteiger partial charge on any atom is 0.305 e. The van der Waals surface area contributed by atoms with E-state index in [1.54, 1.807) is 0 Å². The van der Waals surface area contributed by atoms with Gasteiger partial charge >= 0.3 is 5.97 Å². The molecule has 1 rings (SSSR count). The van der Waals surface area contributed by atoms with Crippen molar-refractivity contribution in [2.75, 3.05) is 20.2 Å². The van der Waals surface area contributed by atoms with Gasteiger partial charge < -0.3 is 10.1 Å². The van der Waals surface area contributed by atoms with Crippen LogP contribution >= 0.6 is 0 Å². The topological polar surface area (TPSA) is 38.3 Å². The van der Waals surface area contributed by atoms with Gasteiger partial charge in [-0.3, -0.25) is 4.79 Å². The molecular formula is C14H21NO2. The number of hydrogen-bond acceptors (Lipinski definition) is 3. The second-order valence-electron chi connectivity index (χ2n) is 4.02. The second-order valence-corrected chi connectivity index (χ2v) is 4.02. The molecule has 0 aromatic heterocycles. The highest BCUT2D eigenvalue weighted by Gasteiger charge is 1.98. The summed E-state index contributed by atoms with van der Waals surface area (Å²) < 4.78 is 4.57. The second kappa shape index (κ2) is 8.76. The van der Waals surface area contributed by atoms with Crippen molar-refractivity contribution in [2.45, 2.75) is 25.7 Å². The number of carbonyl (C=O) groups excluding carboxylic acids is 1. The molecule has 0 spiro atoms. The quantitative estimate of drug-likeness (QED) is 0.554. The van der Waals surface area contributed by atoms with Crippen LogP contribution in [0.15, 0.2) is 30.3 Å². The monoisotopic (exact) mass is 235 g/mol. The first-order chi connectivity index (χ1) is 8.33. The first kappa shape index (κ1) is 13.7. The van der Waals surface area contributed by atoms with Crippen molar-refractivity contribution in [3.63, 3.8) is 0 Å². The largest absolute Gasteiger partial charge is 0.469 e. The van der Waals surface area contributed by atoms with Crippen LogP contribution in [-0.4, -0.2) is 26.2 Å². The van der Waals surface area contributed by atoms with Crippen LogP contribution in [0.25, 0.3) is 0 Å². The number of hydrogen-bond donors (Lipinski definition) is 1. The summed E-state index contributed by atoms with van der Waals surface area (Å²) in [5.74, 6) is -0.129. The lowest BCUT2D eigenvalue weighted by Crippen LogP contribution is -2.18. The molecule has 0 bridgehead atoms. The van der Waals surface area contributed by atoms with E-state index in [0.717, 1.165) is 32.4 Å². The van der Waals surface area contributed by atoms with Crippen molar-refractivity contribution in [1.82, 2.24) is 5.32 Å². The third-order valence-electron chi connectivity index (χ3n) is 2.62. The number of rotatable bonds is 8. The molecule has 1 N–H and O–H groups in total. The third kappa shape index (κ3) is 6.74. The van der Waals surface area contributed by atoms with E-state index in [1.165, 1.54) is 12.7 Å². The fourth-order valence-corrected chi connectivity index (χ4v) is 1.65. The minimum absolute atomic E-state index is 0.129. The SMILES string of the molecule is COC(=O)CCCNCCCc1ccccc1. The Bertz CT molecular complexity index is 311. The maximum absolute atomic E-state index is 10.8. The lowest BCUT2D eigenvalue weighted by molar-refractivity contribution is -0.140. The third-order valence-corrected chi connectivity index (χ3v) is 2.62. The van der Waals surface area contributed by atoms with E-state index in [2.05, 4.69) is 34.3 Å². The van der Waals surface area contributed by atoms with Crippen LogP contribution in [0.3, 0.4) is 0 Å². The van der Waals surface area contributed by atoms with Crippen LogP contribution in [0, 0.1) is 0 Å². The average Bonchev–Trinajstić information content (AvgIpc) is 2.38. The number of benzene rings is 1. The molecule has 0 amide bonds. The smallest absolute Gasteiger partial charge is 0.305 e. The Balaban J connectivity index is 1.93. The van der Waals surface area contributed by atoms with E-state index in [4.69, 9.17) is 0 Å². The number of aryl methyl sites for hydroxylation is 1. The van der Waals surface area contributed by atoms with E-state index >= 15 is 0 Å². The van der Waals surface area contributed by atoms with E-state index in [0.29, 0.717) is 6.42 Å². The molecule has 0 saturated carbocycles. The van der Waals surface area contributed by atoms with Crippen LogP contribution in [0.2, 0.25) is 0 Å². The molecule has 1 aromatic rings. The van der Waals surface area contributed by atoms with Gasteiger partial charge in [0.05, 0.1) is 7.11 Å². The highest BCUT2D eigenvalue weighted by molar-refractivity contribution is 5.69. The van der Waals surface area contributed by atoms with Gasteiger partial charge in [-0.05, 0) is 37.9 Å². The van der Waals surface area contributed by atoms with Gasteiger partial charge in [-0.25, -0.2) is 0 Å². The lowest BCUT2D eigenvalue weighted by Gasteiger charge is -2.04. The van der Waals surface area contributed by atoms with E-state index in [1.807, 2.05) is 6.07 Å². The molecule has 0 unspecified atom stereocenters. The molecule has 94 valence electrons. The standard InChI is InChI=1S/C14H21NO2/c1-17-14(16)10-6-12-15-11-5-9-13-7-3-2-4-8-13/h2-4,7-8,15H,5-6,9-12H2,1H3. The van der Waals surface area contributed by atoms with E-state index in [9.17, 15) is 4.79 Å². The fraction of sp³-hybridized carbons (Fsp3) is 0.500. The maximum atomic E-state index is 10.8. The van der Waals surface area contributed by atoms with Gasteiger partial charge in [0, 0.05) is 6.42 Å². The lowest BCUT2D eigenvalue weighted by atomic mass is 10.1. The van der Waals surface area contributed by atoms with Crippen LogP contribution in [0.4, 0.5) is 0 Å². The van der Waals surface area contributed by atoms with Crippen molar-refractivity contribution >= 4 is 5.97 Å². The molecule has 3 nitrogen and oxygen atoms in total. The predicted molar refractivity (Wildman–Crippen MR) is 68.9 cm³/mol. The number of nitrogens with one attached hydrogen (secondary N) is 1. The summed E-state index contributed by atoms with van der Waals surface area (Å²) in [6.45, 7) is 1.87. The molecule has 3 heteroatoms. The van der Waals surface area contributed by atoms with Gasteiger partial charge in [-0.1, -0.05) is 30.3 Å². The first-order valence-electron chi connectivity index (χ1n) is 6.14. The molecule has 0 atom stereocenters. The highest BCUT2D eigenvalue weighted by Crippen LogP contribution is 2.01. The normalized spacial score (nSPS) is 10.2. The summed E-state index contributed by atoms with van der Waals surface area (Å²) in [6, 6.07) is 10.5. The van der Waals surface area contributed by atoms with Crippen molar-refractivity contribution < 1.29 is 9.53 Å². The van der Waals surface area contributed by atoms with Crippen molar-refractivity contribution in [3.8, 4) is 0 Å². The van der Waals surface area contributed by atoms with Crippen LogP contribution in [0.5, 0.6) is 0 Å². The summed E-state index contributed by atoms with van der Waals surface area (Å²) in [4.78, 5) is 10.8. The molecule has 0 heterocycles. The Hall–Kier alpha value is -1.35. The number of carbonyl (C=O) groups is 1. The van der Waals surface area contributed by atoms with Gasteiger partial charge in [0.25, 0.3) is 0 Å². The Labute approximate surface area is 103 Å². The zero-order chi connectivity index (χ0) is 12.3. The minimum atomic E-state index is -0.129. The molecule has 0 saturated heterocycles. The Morgan fingerprint density at radius 2 is 1.88 bits per heavy atom. The Morgan fingerprint density at radius 3 is 2.59 bits per heavy atom. The molecule has 0 aliphatic heterocycles. The van der Waals surface area contributed by atoms with Crippen LogP contribution < -0.4 is 5.32 Å². The van der Waals surface area contributed by atoms with Crippen molar-refractivity contribution in [1.29, 1.82) is 0 Å². The van der Waals surface area contributed by atoms with Crippen molar-refractivity contribution in [2.24, 2.45) is 0 Å². The molecule has 0 aliphatic carbocycles. The van der Waals surface area contributed by atoms with Gasteiger partial charge in [-0.2, -0.15) is 0 Å². The summed E-state index contributed by atoms with van der Waals surface area (Å²) >= 11 is 0. The van der Waals surface area contributed by atoms with Crippen LogP contribution in [0.1, 0.15) is 24.8 Å². The first-order valence-corrected chi connectivity index (χ1v) is 6.14. The highest BCUT2D eigenvalue weighted by atomic mass is 16.5. The number of methoxy groups -OCH3 is 1.